The van der Waals surface area contributed by atoms with Crippen LogP contribution in [-0.4, -0.2) is 53.2 Å². The fourth-order valence-electron chi connectivity index (χ4n) is 5.61. The first-order valence-electron chi connectivity index (χ1n) is 12.6. The van der Waals surface area contributed by atoms with Crippen molar-refractivity contribution in [2.45, 2.75) is 57.0 Å². The van der Waals surface area contributed by atoms with Gasteiger partial charge in [-0.2, -0.15) is 0 Å². The number of ether oxygens (including phenoxy) is 1. The van der Waals surface area contributed by atoms with Gasteiger partial charge in [-0.1, -0.05) is 61.4 Å². The van der Waals surface area contributed by atoms with E-state index in [0.29, 0.717) is 31.7 Å². The van der Waals surface area contributed by atoms with Gasteiger partial charge in [0.1, 0.15) is 12.6 Å². The van der Waals surface area contributed by atoms with Gasteiger partial charge in [-0.3, -0.25) is 9.59 Å². The number of carbonyl (C=O) groups is 3. The van der Waals surface area contributed by atoms with E-state index in [4.69, 9.17) is 4.74 Å². The molecule has 2 N–H and O–H groups in total. The van der Waals surface area contributed by atoms with Crippen molar-refractivity contribution >= 4 is 18.0 Å². The summed E-state index contributed by atoms with van der Waals surface area (Å²) in [4.78, 5) is 39.3. The highest BCUT2D eigenvalue weighted by Gasteiger charge is 2.38. The fraction of sp³-hybridized carbons (Fsp3) is 0.464. The van der Waals surface area contributed by atoms with Gasteiger partial charge in [0.2, 0.25) is 5.91 Å². The second-order valence-electron chi connectivity index (χ2n) is 10.1. The van der Waals surface area contributed by atoms with Crippen molar-refractivity contribution in [3.8, 4) is 11.1 Å². The molecule has 7 heteroatoms. The molecule has 2 aromatic carbocycles. The predicted octanol–water partition coefficient (Wildman–Crippen LogP) is 4.41. The van der Waals surface area contributed by atoms with Gasteiger partial charge < -0.3 is 20.1 Å². The Morgan fingerprint density at radius 1 is 1.03 bits per heavy atom. The molecular formula is C28H32N2O5. The molecule has 3 atom stereocenters. The highest BCUT2D eigenvalue weighted by molar-refractivity contribution is 5.86. The molecule has 35 heavy (non-hydrogen) atoms. The number of fused-ring (bicyclic) bond motifs is 3. The lowest BCUT2D eigenvalue weighted by molar-refractivity contribution is -0.148. The summed E-state index contributed by atoms with van der Waals surface area (Å²) < 4.78 is 5.69. The summed E-state index contributed by atoms with van der Waals surface area (Å²) >= 11 is 0. The molecule has 1 saturated carbocycles. The van der Waals surface area contributed by atoms with E-state index in [1.807, 2.05) is 31.2 Å². The third-order valence-corrected chi connectivity index (χ3v) is 7.71. The Bertz CT molecular complexity index is 1080. The number of aliphatic carboxylic acids is 1. The van der Waals surface area contributed by atoms with Crippen LogP contribution in [0.4, 0.5) is 4.79 Å². The topological polar surface area (TPSA) is 95.9 Å². The normalized spacial score (nSPS) is 22.1. The number of hydrogen-bond donors (Lipinski definition) is 2. The zero-order chi connectivity index (χ0) is 24.5. The van der Waals surface area contributed by atoms with Gasteiger partial charge in [-0.25, -0.2) is 4.79 Å². The molecule has 0 unspecified atom stereocenters. The summed E-state index contributed by atoms with van der Waals surface area (Å²) in [6, 6.07) is 15.5. The molecule has 1 saturated heterocycles. The Kier molecular flexibility index (Phi) is 6.50. The molecule has 3 aliphatic rings. The smallest absolute Gasteiger partial charge is 0.407 e. The molecule has 2 amide bonds. The number of carbonyl (C=O) groups excluding carboxylic acids is 2. The molecule has 0 radical (unpaired) electrons. The number of amides is 2. The number of benzene rings is 2. The van der Waals surface area contributed by atoms with Crippen LogP contribution in [0.5, 0.6) is 0 Å². The van der Waals surface area contributed by atoms with Gasteiger partial charge in [0, 0.05) is 18.5 Å². The molecule has 0 spiro atoms. The maximum Gasteiger partial charge on any atom is 0.407 e. The van der Waals surface area contributed by atoms with Gasteiger partial charge >= 0.3 is 12.1 Å². The lowest BCUT2D eigenvalue weighted by atomic mass is 9.91. The van der Waals surface area contributed by atoms with Crippen LogP contribution in [0.1, 0.15) is 56.1 Å². The number of nitrogens with zero attached hydrogens (tertiary/aromatic N) is 1. The summed E-state index contributed by atoms with van der Waals surface area (Å²) in [5.74, 6) is -0.978. The average molecular weight is 477 g/mol. The van der Waals surface area contributed by atoms with Gasteiger partial charge in [0.15, 0.2) is 0 Å². The van der Waals surface area contributed by atoms with Crippen LogP contribution in [0.25, 0.3) is 11.1 Å². The number of rotatable bonds is 7. The van der Waals surface area contributed by atoms with Crippen molar-refractivity contribution in [1.29, 1.82) is 0 Å². The quantitative estimate of drug-likeness (QED) is 0.617. The van der Waals surface area contributed by atoms with E-state index in [1.54, 1.807) is 4.90 Å². The minimum atomic E-state index is -0.810. The summed E-state index contributed by atoms with van der Waals surface area (Å²) in [5, 5.41) is 12.2. The second kappa shape index (κ2) is 9.72. The molecular weight excluding hydrogens is 444 g/mol. The number of carboxylic acids is 1. The highest BCUT2D eigenvalue weighted by atomic mass is 16.5. The van der Waals surface area contributed by atoms with E-state index in [0.717, 1.165) is 35.1 Å². The second-order valence-corrected chi connectivity index (χ2v) is 10.1. The standard InChI is InChI=1S/C28H32N2O5/c1-17-14-19(27(32)33)12-13-30(17)26(31)25(15-18-10-11-18)29-28(34)35-16-24-22-8-4-2-6-20(22)21-7-3-5-9-23(21)24/h2-9,17-19,24-25H,10-16H2,1H3,(H,29,34)(H,32,33)/t17-,19-,25+/m1/s1. The van der Waals surface area contributed by atoms with Crippen molar-refractivity contribution in [3.05, 3.63) is 59.7 Å². The van der Waals surface area contributed by atoms with Gasteiger partial charge in [0.05, 0.1) is 5.92 Å². The molecule has 5 rings (SSSR count). The summed E-state index contributed by atoms with van der Waals surface area (Å²) in [5.41, 5.74) is 4.61. The Balaban J connectivity index is 1.24. The molecule has 0 bridgehead atoms. The van der Waals surface area contributed by atoms with E-state index < -0.39 is 24.0 Å². The average Bonchev–Trinajstić information content (AvgIpc) is 3.62. The summed E-state index contributed by atoms with van der Waals surface area (Å²) in [7, 11) is 0. The number of hydrogen-bond acceptors (Lipinski definition) is 4. The van der Waals surface area contributed by atoms with Crippen molar-refractivity contribution in [2.24, 2.45) is 11.8 Å². The number of piperidine rings is 1. The maximum absolute atomic E-state index is 13.4. The van der Waals surface area contributed by atoms with Crippen LogP contribution in [0.3, 0.4) is 0 Å². The number of likely N-dealkylation sites (tertiary alicyclic amines) is 1. The van der Waals surface area contributed by atoms with E-state index in [-0.39, 0.29) is 24.5 Å². The Hall–Kier alpha value is -3.35. The van der Waals surface area contributed by atoms with E-state index >= 15 is 0 Å². The lowest BCUT2D eigenvalue weighted by Gasteiger charge is -2.38. The first-order chi connectivity index (χ1) is 16.9. The Morgan fingerprint density at radius 2 is 1.66 bits per heavy atom. The first kappa shape index (κ1) is 23.4. The zero-order valence-corrected chi connectivity index (χ0v) is 20.0. The molecule has 2 aliphatic carbocycles. The fourth-order valence-corrected chi connectivity index (χ4v) is 5.61. The molecule has 7 nitrogen and oxygen atoms in total. The third kappa shape index (κ3) is 4.90. The lowest BCUT2D eigenvalue weighted by Crippen LogP contribution is -2.54. The van der Waals surface area contributed by atoms with Crippen LogP contribution < -0.4 is 5.32 Å². The largest absolute Gasteiger partial charge is 0.481 e. The monoisotopic (exact) mass is 476 g/mol. The maximum atomic E-state index is 13.4. The molecule has 0 aromatic heterocycles. The molecule has 2 aromatic rings. The first-order valence-corrected chi connectivity index (χ1v) is 12.6. The Morgan fingerprint density at radius 3 is 2.23 bits per heavy atom. The SMILES string of the molecule is C[C@@H]1C[C@H](C(=O)O)CCN1C(=O)[C@H](CC1CC1)NC(=O)OCC1c2ccccc2-c2ccccc21. The number of alkyl carbamates (subject to hydrolysis) is 1. The van der Waals surface area contributed by atoms with Crippen molar-refractivity contribution in [3.63, 3.8) is 0 Å². The van der Waals surface area contributed by atoms with Crippen LogP contribution in [-0.2, 0) is 14.3 Å². The van der Waals surface area contributed by atoms with E-state index in [2.05, 4.69) is 29.6 Å². The van der Waals surface area contributed by atoms with E-state index in [1.165, 1.54) is 0 Å². The predicted molar refractivity (Wildman–Crippen MR) is 131 cm³/mol. The molecule has 184 valence electrons. The van der Waals surface area contributed by atoms with Crippen molar-refractivity contribution < 1.29 is 24.2 Å². The van der Waals surface area contributed by atoms with Crippen LogP contribution in [0.2, 0.25) is 0 Å². The Labute approximate surface area is 205 Å². The molecule has 1 aliphatic heterocycles. The van der Waals surface area contributed by atoms with Gasteiger partial charge in [-0.15, -0.1) is 0 Å². The molecule has 2 fully saturated rings. The number of nitrogens with one attached hydrogen (secondary N) is 1. The van der Waals surface area contributed by atoms with Crippen LogP contribution >= 0.6 is 0 Å². The summed E-state index contributed by atoms with van der Waals surface area (Å²) in [6.45, 7) is 2.48. The highest BCUT2D eigenvalue weighted by Crippen LogP contribution is 2.44. The van der Waals surface area contributed by atoms with Crippen molar-refractivity contribution in [1.82, 2.24) is 10.2 Å². The third-order valence-electron chi connectivity index (χ3n) is 7.71. The minimum absolute atomic E-state index is 0.0409. The minimum Gasteiger partial charge on any atom is -0.481 e. The van der Waals surface area contributed by atoms with Crippen molar-refractivity contribution in [2.75, 3.05) is 13.2 Å². The van der Waals surface area contributed by atoms with E-state index in [9.17, 15) is 19.5 Å². The molecule has 1 heterocycles. The van der Waals surface area contributed by atoms with Crippen LogP contribution in [0, 0.1) is 11.8 Å². The number of carboxylic acid groups (broad SMARTS) is 1. The van der Waals surface area contributed by atoms with Crippen LogP contribution in [0.15, 0.2) is 48.5 Å². The summed E-state index contributed by atoms with van der Waals surface area (Å²) in [6.07, 6.45) is 3.00. The van der Waals surface area contributed by atoms with Gasteiger partial charge in [-0.05, 0) is 54.4 Å². The zero-order valence-electron chi connectivity index (χ0n) is 20.0. The van der Waals surface area contributed by atoms with Gasteiger partial charge in [0.25, 0.3) is 0 Å².